The number of benzene rings is 3. The molecule has 0 N–H and O–H groups in total. The Hall–Kier alpha value is -3.11. The minimum atomic E-state index is 0.197. The Labute approximate surface area is 222 Å². The molecule has 0 bridgehead atoms. The third-order valence-corrected chi connectivity index (χ3v) is 8.37. The van der Waals surface area contributed by atoms with Crippen molar-refractivity contribution in [2.75, 3.05) is 26.7 Å². The molecule has 0 unspecified atom stereocenters. The van der Waals surface area contributed by atoms with Crippen molar-refractivity contribution in [2.45, 2.75) is 57.5 Å². The van der Waals surface area contributed by atoms with Crippen LogP contribution in [0.3, 0.4) is 0 Å². The highest BCUT2D eigenvalue weighted by atomic mass is 16.5. The van der Waals surface area contributed by atoms with Crippen LogP contribution in [-0.4, -0.2) is 48.5 Å². The highest BCUT2D eigenvalue weighted by molar-refractivity contribution is 5.94. The van der Waals surface area contributed by atoms with Crippen molar-refractivity contribution < 1.29 is 9.53 Å². The molecule has 2 atom stereocenters. The summed E-state index contributed by atoms with van der Waals surface area (Å²) in [6.07, 6.45) is 5.96. The Morgan fingerprint density at radius 1 is 0.919 bits per heavy atom. The number of aryl methyl sites for hydroxylation is 1. The lowest BCUT2D eigenvalue weighted by atomic mass is 9.85. The number of nitrogens with zero attached hydrogens (tertiary/aromatic N) is 2. The molecular formula is C33H40N2O2. The van der Waals surface area contributed by atoms with Crippen LogP contribution in [0.2, 0.25) is 0 Å². The van der Waals surface area contributed by atoms with Crippen LogP contribution in [0.1, 0.15) is 65.1 Å². The van der Waals surface area contributed by atoms with Crippen LogP contribution in [-0.2, 0) is 6.54 Å². The predicted molar refractivity (Wildman–Crippen MR) is 150 cm³/mol. The molecule has 2 aliphatic rings. The summed E-state index contributed by atoms with van der Waals surface area (Å²) in [5.74, 6) is 1.89. The maximum absolute atomic E-state index is 13.9. The zero-order chi connectivity index (χ0) is 25.6. The second kappa shape index (κ2) is 12.0. The van der Waals surface area contributed by atoms with Crippen LogP contribution in [0.4, 0.5) is 0 Å². The van der Waals surface area contributed by atoms with E-state index in [4.69, 9.17) is 4.74 Å². The third-order valence-electron chi connectivity index (χ3n) is 8.37. The van der Waals surface area contributed by atoms with Gasteiger partial charge in [-0.05, 0) is 66.6 Å². The van der Waals surface area contributed by atoms with Gasteiger partial charge in [0.15, 0.2) is 0 Å². The maximum atomic E-state index is 13.9. The molecule has 0 spiro atoms. The van der Waals surface area contributed by atoms with E-state index < -0.39 is 0 Å². The summed E-state index contributed by atoms with van der Waals surface area (Å²) in [6, 6.07) is 27.5. The van der Waals surface area contributed by atoms with E-state index in [9.17, 15) is 4.79 Å². The van der Waals surface area contributed by atoms with Crippen molar-refractivity contribution in [1.82, 2.24) is 9.80 Å². The maximum Gasteiger partial charge on any atom is 0.254 e. The Morgan fingerprint density at radius 2 is 1.68 bits per heavy atom. The zero-order valence-corrected chi connectivity index (χ0v) is 22.3. The second-order valence-corrected chi connectivity index (χ2v) is 10.9. The van der Waals surface area contributed by atoms with Gasteiger partial charge >= 0.3 is 0 Å². The lowest BCUT2D eigenvalue weighted by molar-refractivity contribution is 0.0588. The van der Waals surface area contributed by atoms with Crippen molar-refractivity contribution in [3.8, 4) is 5.75 Å². The topological polar surface area (TPSA) is 32.8 Å². The molecule has 1 saturated heterocycles. The molecule has 5 rings (SSSR count). The summed E-state index contributed by atoms with van der Waals surface area (Å²) in [6.45, 7) is 5.93. The highest BCUT2D eigenvalue weighted by Gasteiger charge is 2.38. The monoisotopic (exact) mass is 496 g/mol. The number of hydrogen-bond acceptors (Lipinski definition) is 3. The summed E-state index contributed by atoms with van der Waals surface area (Å²) in [5.41, 5.74) is 4.86. The molecule has 3 aromatic carbocycles. The van der Waals surface area contributed by atoms with E-state index in [0.717, 1.165) is 50.3 Å². The molecule has 194 valence electrons. The number of rotatable bonds is 8. The van der Waals surface area contributed by atoms with Gasteiger partial charge in [0.05, 0.1) is 7.11 Å². The van der Waals surface area contributed by atoms with Gasteiger partial charge in [-0.3, -0.25) is 9.69 Å². The molecule has 3 aromatic rings. The van der Waals surface area contributed by atoms with E-state index >= 15 is 0 Å². The van der Waals surface area contributed by atoms with E-state index in [-0.39, 0.29) is 5.91 Å². The van der Waals surface area contributed by atoms with Crippen molar-refractivity contribution >= 4 is 5.91 Å². The molecule has 0 aromatic heterocycles. The first-order valence-corrected chi connectivity index (χ1v) is 13.9. The fraction of sp³-hybridized carbons (Fsp3) is 0.424. The standard InChI is InChI=1S/C33H40N2O2/c1-25-12-9-10-19-31(25)32-24-34(21-26-13-11-18-30(20-26)37-2)22-28(32)23-35(29-16-7-4-8-17-29)33(36)27-14-5-3-6-15-27/h3,5-6,9-15,18-20,28-29,32H,4,7-8,16-17,21-24H2,1-2H3/t28-,32+/m0/s1. The molecule has 1 aliphatic carbocycles. The summed E-state index contributed by atoms with van der Waals surface area (Å²) in [4.78, 5) is 18.7. The van der Waals surface area contributed by atoms with Gasteiger partial charge in [-0.15, -0.1) is 0 Å². The van der Waals surface area contributed by atoms with Crippen LogP contribution >= 0.6 is 0 Å². The molecule has 1 saturated carbocycles. The van der Waals surface area contributed by atoms with Gasteiger partial charge in [0.2, 0.25) is 0 Å². The second-order valence-electron chi connectivity index (χ2n) is 10.9. The first kappa shape index (κ1) is 25.5. The zero-order valence-electron chi connectivity index (χ0n) is 22.3. The lowest BCUT2D eigenvalue weighted by Gasteiger charge is -2.37. The summed E-state index contributed by atoms with van der Waals surface area (Å²) >= 11 is 0. The normalized spacial score (nSPS) is 20.6. The van der Waals surface area contributed by atoms with Gasteiger partial charge in [0.25, 0.3) is 5.91 Å². The van der Waals surface area contributed by atoms with E-state index in [1.165, 1.54) is 36.0 Å². The number of likely N-dealkylation sites (tertiary alicyclic amines) is 1. The minimum absolute atomic E-state index is 0.197. The Morgan fingerprint density at radius 3 is 2.43 bits per heavy atom. The fourth-order valence-electron chi connectivity index (χ4n) is 6.45. The van der Waals surface area contributed by atoms with Crippen LogP contribution < -0.4 is 4.74 Å². The van der Waals surface area contributed by atoms with Gasteiger partial charge < -0.3 is 9.64 Å². The van der Waals surface area contributed by atoms with Crippen molar-refractivity contribution in [3.05, 3.63) is 101 Å². The molecule has 37 heavy (non-hydrogen) atoms. The number of hydrogen-bond donors (Lipinski definition) is 0. The van der Waals surface area contributed by atoms with Gasteiger partial charge in [0, 0.05) is 43.7 Å². The van der Waals surface area contributed by atoms with E-state index in [2.05, 4.69) is 59.2 Å². The minimum Gasteiger partial charge on any atom is -0.497 e. The first-order valence-electron chi connectivity index (χ1n) is 13.9. The number of carbonyl (C=O) groups is 1. The van der Waals surface area contributed by atoms with Crippen molar-refractivity contribution in [3.63, 3.8) is 0 Å². The van der Waals surface area contributed by atoms with Crippen molar-refractivity contribution in [2.24, 2.45) is 5.92 Å². The SMILES string of the molecule is COc1cccc(CN2C[C@@H](CN(C(=O)c3ccccc3)C3CCCCC3)[C@H](c3ccccc3C)C2)c1. The Kier molecular flexibility index (Phi) is 8.25. The molecule has 1 amide bonds. The van der Waals surface area contributed by atoms with Crippen LogP contribution in [0.25, 0.3) is 0 Å². The molecule has 4 heteroatoms. The van der Waals surface area contributed by atoms with Gasteiger partial charge in [-0.25, -0.2) is 0 Å². The van der Waals surface area contributed by atoms with Crippen LogP contribution in [0.15, 0.2) is 78.9 Å². The molecule has 2 fully saturated rings. The molecule has 0 radical (unpaired) electrons. The molecule has 1 heterocycles. The molecule has 1 aliphatic heterocycles. The number of carbonyl (C=O) groups excluding carboxylic acids is 1. The fourth-order valence-corrected chi connectivity index (χ4v) is 6.45. The van der Waals surface area contributed by atoms with Gasteiger partial charge in [-0.2, -0.15) is 0 Å². The number of amides is 1. The average molecular weight is 497 g/mol. The largest absolute Gasteiger partial charge is 0.497 e. The number of ether oxygens (including phenoxy) is 1. The lowest BCUT2D eigenvalue weighted by Crippen LogP contribution is -2.45. The van der Waals surface area contributed by atoms with Gasteiger partial charge in [-0.1, -0.05) is 73.9 Å². The smallest absolute Gasteiger partial charge is 0.254 e. The molecule has 4 nitrogen and oxygen atoms in total. The third kappa shape index (κ3) is 6.07. The highest BCUT2D eigenvalue weighted by Crippen LogP contribution is 2.37. The van der Waals surface area contributed by atoms with E-state index in [1.807, 2.05) is 36.4 Å². The average Bonchev–Trinajstić information content (AvgIpc) is 3.34. The summed E-state index contributed by atoms with van der Waals surface area (Å²) in [5, 5.41) is 0. The summed E-state index contributed by atoms with van der Waals surface area (Å²) in [7, 11) is 1.73. The van der Waals surface area contributed by atoms with Gasteiger partial charge in [0.1, 0.15) is 5.75 Å². The van der Waals surface area contributed by atoms with Crippen LogP contribution in [0.5, 0.6) is 5.75 Å². The Balaban J connectivity index is 1.42. The number of methoxy groups -OCH3 is 1. The van der Waals surface area contributed by atoms with E-state index in [0.29, 0.717) is 17.9 Å². The van der Waals surface area contributed by atoms with Crippen molar-refractivity contribution in [1.29, 1.82) is 0 Å². The van der Waals surface area contributed by atoms with Crippen LogP contribution in [0, 0.1) is 12.8 Å². The van der Waals surface area contributed by atoms with E-state index in [1.54, 1.807) is 7.11 Å². The quantitative estimate of drug-likeness (QED) is 0.348. The predicted octanol–water partition coefficient (Wildman–Crippen LogP) is 6.69. The summed E-state index contributed by atoms with van der Waals surface area (Å²) < 4.78 is 5.47. The molecular weight excluding hydrogens is 456 g/mol. The first-order chi connectivity index (χ1) is 18.1. The Bertz CT molecular complexity index is 1170.